The second-order valence-corrected chi connectivity index (χ2v) is 8.19. The summed E-state index contributed by atoms with van der Waals surface area (Å²) in [6, 6.07) is 4.00. The third-order valence-corrected chi connectivity index (χ3v) is 4.35. The van der Waals surface area contributed by atoms with E-state index < -0.39 is 5.60 Å². The van der Waals surface area contributed by atoms with Crippen LogP contribution in [0.4, 0.5) is 4.79 Å². The van der Waals surface area contributed by atoms with Crippen molar-refractivity contribution in [2.24, 2.45) is 4.99 Å². The number of piperidine rings is 1. The predicted molar refractivity (Wildman–Crippen MR) is 130 cm³/mol. The summed E-state index contributed by atoms with van der Waals surface area (Å²) < 4.78 is 11.0. The third kappa shape index (κ3) is 9.36. The van der Waals surface area contributed by atoms with Gasteiger partial charge in [-0.15, -0.1) is 24.0 Å². The summed E-state index contributed by atoms with van der Waals surface area (Å²) >= 11 is 0. The maximum Gasteiger partial charge on any atom is 0.410 e. The lowest BCUT2D eigenvalue weighted by atomic mass is 10.1. The zero-order chi connectivity index (χ0) is 21.3. The molecular formula is C21H36IN5O3. The van der Waals surface area contributed by atoms with Crippen LogP contribution >= 0.6 is 24.0 Å². The molecule has 1 aromatic heterocycles. The standard InChI is InChI=1S/C21H35N5O3.HI/c1-6-12-28-18-10-9-16(13-23-18)14-24-19(22-5)25-17-8-7-11-26(15-17)20(27)29-21(2,3)4;/h9-10,13,17H,6-8,11-12,14-15H2,1-5H3,(H2,22,24,25);1H. The van der Waals surface area contributed by atoms with E-state index in [1.54, 1.807) is 18.1 Å². The first-order chi connectivity index (χ1) is 13.8. The van der Waals surface area contributed by atoms with E-state index in [0.717, 1.165) is 31.4 Å². The number of nitrogens with one attached hydrogen (secondary N) is 2. The lowest BCUT2D eigenvalue weighted by Crippen LogP contribution is -2.53. The van der Waals surface area contributed by atoms with Gasteiger partial charge in [-0.05, 0) is 45.6 Å². The molecule has 0 spiro atoms. The van der Waals surface area contributed by atoms with Crippen LogP contribution in [0.3, 0.4) is 0 Å². The highest BCUT2D eigenvalue weighted by atomic mass is 127. The van der Waals surface area contributed by atoms with Crippen LogP contribution in [0.1, 0.15) is 52.5 Å². The van der Waals surface area contributed by atoms with Crippen molar-refractivity contribution in [3.05, 3.63) is 23.9 Å². The SMILES string of the molecule is CCCOc1ccc(CNC(=NC)NC2CCCN(C(=O)OC(C)(C)C)C2)cn1.I. The summed E-state index contributed by atoms with van der Waals surface area (Å²) in [5.74, 6) is 1.34. The summed E-state index contributed by atoms with van der Waals surface area (Å²) in [6.07, 6.45) is 4.40. The number of aromatic nitrogens is 1. The first kappa shape index (κ1) is 26.3. The van der Waals surface area contributed by atoms with Gasteiger partial charge in [0.25, 0.3) is 0 Å². The number of likely N-dealkylation sites (tertiary alicyclic amines) is 1. The number of carbonyl (C=O) groups is 1. The molecule has 30 heavy (non-hydrogen) atoms. The second-order valence-electron chi connectivity index (χ2n) is 8.19. The average Bonchev–Trinajstić information content (AvgIpc) is 2.69. The van der Waals surface area contributed by atoms with Gasteiger partial charge in [-0.25, -0.2) is 9.78 Å². The van der Waals surface area contributed by atoms with E-state index in [1.807, 2.05) is 32.9 Å². The molecule has 0 aliphatic carbocycles. The number of pyridine rings is 1. The molecule has 0 radical (unpaired) electrons. The van der Waals surface area contributed by atoms with E-state index in [9.17, 15) is 4.79 Å². The third-order valence-electron chi connectivity index (χ3n) is 4.35. The van der Waals surface area contributed by atoms with Crippen LogP contribution in [-0.2, 0) is 11.3 Å². The highest BCUT2D eigenvalue weighted by Crippen LogP contribution is 2.15. The Morgan fingerprint density at radius 1 is 1.37 bits per heavy atom. The van der Waals surface area contributed by atoms with Crippen molar-refractivity contribution in [1.29, 1.82) is 0 Å². The zero-order valence-electron chi connectivity index (χ0n) is 18.7. The molecule has 1 saturated heterocycles. The van der Waals surface area contributed by atoms with E-state index in [0.29, 0.717) is 31.5 Å². The van der Waals surface area contributed by atoms with E-state index in [2.05, 4.69) is 27.5 Å². The molecule has 8 nitrogen and oxygen atoms in total. The van der Waals surface area contributed by atoms with Crippen LogP contribution in [0.15, 0.2) is 23.3 Å². The lowest BCUT2D eigenvalue weighted by Gasteiger charge is -2.35. The van der Waals surface area contributed by atoms with Crippen LogP contribution in [0.25, 0.3) is 0 Å². The minimum Gasteiger partial charge on any atom is -0.478 e. The van der Waals surface area contributed by atoms with Gasteiger partial charge < -0.3 is 25.0 Å². The number of carbonyl (C=O) groups excluding carboxylic acids is 1. The van der Waals surface area contributed by atoms with Gasteiger partial charge in [0, 0.05) is 45.0 Å². The zero-order valence-corrected chi connectivity index (χ0v) is 21.1. The Balaban J connectivity index is 0.00000450. The maximum atomic E-state index is 12.3. The molecule has 1 aromatic rings. The van der Waals surface area contributed by atoms with E-state index in [4.69, 9.17) is 9.47 Å². The normalized spacial score (nSPS) is 17.0. The van der Waals surface area contributed by atoms with Crippen molar-refractivity contribution in [2.45, 2.75) is 65.1 Å². The summed E-state index contributed by atoms with van der Waals surface area (Å²) in [5, 5.41) is 6.71. The Bertz CT molecular complexity index is 676. The molecule has 9 heteroatoms. The van der Waals surface area contributed by atoms with Crippen LogP contribution in [0, 0.1) is 0 Å². The Morgan fingerprint density at radius 2 is 2.13 bits per heavy atom. The Kier molecular flexibility index (Phi) is 11.2. The highest BCUT2D eigenvalue weighted by molar-refractivity contribution is 14.0. The molecule has 1 atom stereocenters. The number of hydrogen-bond acceptors (Lipinski definition) is 5. The monoisotopic (exact) mass is 533 g/mol. The molecule has 2 heterocycles. The van der Waals surface area contributed by atoms with Gasteiger partial charge in [-0.2, -0.15) is 0 Å². The minimum atomic E-state index is -0.486. The van der Waals surface area contributed by atoms with Gasteiger partial charge in [0.1, 0.15) is 5.60 Å². The topological polar surface area (TPSA) is 88.1 Å². The molecule has 1 aliphatic heterocycles. The second kappa shape index (κ2) is 12.8. The predicted octanol–water partition coefficient (Wildman–Crippen LogP) is 3.55. The fourth-order valence-electron chi connectivity index (χ4n) is 2.97. The van der Waals surface area contributed by atoms with Crippen LogP contribution < -0.4 is 15.4 Å². The number of rotatable bonds is 6. The van der Waals surface area contributed by atoms with Gasteiger partial charge >= 0.3 is 6.09 Å². The van der Waals surface area contributed by atoms with E-state index in [-0.39, 0.29) is 36.1 Å². The summed E-state index contributed by atoms with van der Waals surface area (Å²) in [4.78, 5) is 22.7. The smallest absolute Gasteiger partial charge is 0.410 e. The van der Waals surface area contributed by atoms with Crippen LogP contribution in [-0.4, -0.2) is 60.3 Å². The molecule has 0 bridgehead atoms. The molecule has 1 amide bonds. The molecule has 1 unspecified atom stereocenters. The number of hydrogen-bond donors (Lipinski definition) is 2. The number of aliphatic imine (C=N–C) groups is 1. The van der Waals surface area contributed by atoms with Crippen molar-refractivity contribution >= 4 is 36.0 Å². The number of halogens is 1. The molecule has 2 rings (SSSR count). The Labute approximate surface area is 197 Å². The van der Waals surface area contributed by atoms with Gasteiger partial charge in [-0.1, -0.05) is 13.0 Å². The van der Waals surface area contributed by atoms with Gasteiger partial charge in [0.2, 0.25) is 5.88 Å². The molecule has 0 saturated carbocycles. The first-order valence-corrected chi connectivity index (χ1v) is 10.3. The molecule has 170 valence electrons. The van der Waals surface area contributed by atoms with E-state index >= 15 is 0 Å². The van der Waals surface area contributed by atoms with Gasteiger partial charge in [-0.3, -0.25) is 4.99 Å². The number of ether oxygens (including phenoxy) is 2. The van der Waals surface area contributed by atoms with Crippen molar-refractivity contribution in [2.75, 3.05) is 26.7 Å². The van der Waals surface area contributed by atoms with Gasteiger partial charge in [0.05, 0.1) is 6.61 Å². The lowest BCUT2D eigenvalue weighted by molar-refractivity contribution is 0.0193. The van der Waals surface area contributed by atoms with Gasteiger partial charge in [0.15, 0.2) is 5.96 Å². The van der Waals surface area contributed by atoms with Crippen molar-refractivity contribution in [3.63, 3.8) is 0 Å². The first-order valence-electron chi connectivity index (χ1n) is 10.3. The molecule has 1 fully saturated rings. The number of guanidine groups is 1. The quantitative estimate of drug-likeness (QED) is 0.331. The Morgan fingerprint density at radius 3 is 2.73 bits per heavy atom. The molecular weight excluding hydrogens is 497 g/mol. The number of nitrogens with zero attached hydrogens (tertiary/aromatic N) is 3. The maximum absolute atomic E-state index is 12.3. The fraction of sp³-hybridized carbons (Fsp3) is 0.667. The van der Waals surface area contributed by atoms with Crippen LogP contribution in [0.2, 0.25) is 0 Å². The summed E-state index contributed by atoms with van der Waals surface area (Å²) in [6.45, 7) is 10.3. The molecule has 2 N–H and O–H groups in total. The van der Waals surface area contributed by atoms with Crippen molar-refractivity contribution in [3.8, 4) is 5.88 Å². The average molecular weight is 533 g/mol. The largest absolute Gasteiger partial charge is 0.478 e. The molecule has 0 aromatic carbocycles. The summed E-state index contributed by atoms with van der Waals surface area (Å²) in [7, 11) is 1.74. The van der Waals surface area contributed by atoms with Crippen LogP contribution in [0.5, 0.6) is 5.88 Å². The minimum absolute atomic E-state index is 0. The van der Waals surface area contributed by atoms with Crippen molar-refractivity contribution < 1.29 is 14.3 Å². The highest BCUT2D eigenvalue weighted by Gasteiger charge is 2.28. The van der Waals surface area contributed by atoms with E-state index in [1.165, 1.54) is 0 Å². The van der Waals surface area contributed by atoms with Crippen molar-refractivity contribution in [1.82, 2.24) is 20.5 Å². The summed E-state index contributed by atoms with van der Waals surface area (Å²) in [5.41, 5.74) is 0.552. The Hall–Kier alpha value is -1.78. The number of amides is 1. The molecule has 1 aliphatic rings. The fourth-order valence-corrected chi connectivity index (χ4v) is 2.97.